The average molecular weight is 666 g/mol. The molecule has 0 fully saturated rings. The Balaban J connectivity index is 1.52. The van der Waals surface area contributed by atoms with Crippen LogP contribution in [0.5, 0.6) is 0 Å². The molecular weight excluding hydrogens is 643 g/mol. The van der Waals surface area contributed by atoms with E-state index in [9.17, 15) is 9.59 Å². The molecule has 0 N–H and O–H groups in total. The summed E-state index contributed by atoms with van der Waals surface area (Å²) < 4.78 is 13.9. The highest BCUT2D eigenvalue weighted by Crippen LogP contribution is 2.64. The first-order valence-electron chi connectivity index (χ1n) is 11.6. The Bertz CT molecular complexity index is 1410. The van der Waals surface area contributed by atoms with E-state index in [1.165, 1.54) is 43.3 Å². The number of esters is 2. The molecule has 0 spiro atoms. The fourth-order valence-corrected chi connectivity index (χ4v) is 12.3. The zero-order chi connectivity index (χ0) is 28.5. The highest BCUT2D eigenvalue weighted by Gasteiger charge is 2.36. The number of carbonyl (C=O) groups is 2. The smallest absolute Gasteiger partial charge is 0.346 e. The third-order valence-electron chi connectivity index (χ3n) is 5.07. The van der Waals surface area contributed by atoms with E-state index in [-0.39, 0.29) is 9.81 Å². The molecule has 0 radical (unpaired) electrons. The number of ether oxygens (including phenoxy) is 2. The summed E-state index contributed by atoms with van der Waals surface area (Å²) >= 11 is 10.9. The molecule has 2 aromatic rings. The number of methoxy groups -OCH3 is 2. The molecule has 2 aliphatic rings. The monoisotopic (exact) mass is 665 g/mol. The van der Waals surface area contributed by atoms with Crippen molar-refractivity contribution in [3.63, 3.8) is 0 Å². The largest absolute Gasteiger partial charge is 0.465 e. The van der Waals surface area contributed by atoms with Crippen LogP contribution in [0.3, 0.4) is 0 Å². The molecule has 2 aliphatic heterocycles. The van der Waals surface area contributed by atoms with E-state index in [0.717, 1.165) is 45.4 Å². The van der Waals surface area contributed by atoms with Crippen LogP contribution in [0, 0.1) is 6.57 Å². The Morgan fingerprint density at radius 2 is 1.38 bits per heavy atom. The maximum Gasteiger partial charge on any atom is 0.346 e. The van der Waals surface area contributed by atoms with Gasteiger partial charge in [-0.3, -0.25) is 9.97 Å². The number of aromatic nitrogens is 2. The minimum atomic E-state index is -0.558. The first-order chi connectivity index (χ1) is 19.5. The van der Waals surface area contributed by atoms with Crippen molar-refractivity contribution in [3.8, 4) is 11.4 Å². The van der Waals surface area contributed by atoms with E-state index in [1.807, 2.05) is 24.5 Å². The number of thioether (sulfide) groups is 7. The number of pyridine rings is 2. The summed E-state index contributed by atoms with van der Waals surface area (Å²) in [6.07, 6.45) is 5.72. The summed E-state index contributed by atoms with van der Waals surface area (Å²) in [7, 11) is 2.59. The Hall–Kier alpha value is -1.60. The minimum Gasteiger partial charge on any atom is -0.465 e. The van der Waals surface area contributed by atoms with Gasteiger partial charge < -0.3 is 14.3 Å². The van der Waals surface area contributed by atoms with Gasteiger partial charge in [-0.2, -0.15) is 11.8 Å². The third kappa shape index (κ3) is 8.02. The summed E-state index contributed by atoms with van der Waals surface area (Å²) in [6.45, 7) is 7.58. The van der Waals surface area contributed by atoms with Gasteiger partial charge in [0, 0.05) is 23.9 Å². The van der Waals surface area contributed by atoms with Crippen molar-refractivity contribution in [1.29, 1.82) is 0 Å². The topological polar surface area (TPSA) is 82.7 Å². The number of hydrogen-bond acceptors (Lipinski definition) is 13. The maximum absolute atomic E-state index is 12.3. The van der Waals surface area contributed by atoms with Crippen LogP contribution in [-0.4, -0.2) is 54.7 Å². The lowest BCUT2D eigenvalue weighted by Crippen LogP contribution is -2.08. The van der Waals surface area contributed by atoms with E-state index in [4.69, 9.17) is 16.0 Å². The van der Waals surface area contributed by atoms with Crippen molar-refractivity contribution in [2.45, 2.75) is 11.5 Å². The zero-order valence-electron chi connectivity index (χ0n) is 21.6. The van der Waals surface area contributed by atoms with Crippen LogP contribution in [0.15, 0.2) is 63.4 Å². The third-order valence-corrected chi connectivity index (χ3v) is 14.3. The van der Waals surface area contributed by atoms with Crippen LogP contribution in [0.1, 0.15) is 11.1 Å². The van der Waals surface area contributed by atoms with Crippen molar-refractivity contribution in [2.75, 3.05) is 32.8 Å². The number of hydrogen-bond donors (Lipinski definition) is 0. The van der Waals surface area contributed by atoms with Crippen LogP contribution in [0.25, 0.3) is 16.2 Å². The summed E-state index contributed by atoms with van der Waals surface area (Å²) in [5, 5.41) is 0. The molecule has 7 nitrogen and oxygen atoms in total. The minimum absolute atomic E-state index is 0.242. The van der Waals surface area contributed by atoms with Crippen LogP contribution in [0.2, 0.25) is 0 Å². The highest BCUT2D eigenvalue weighted by molar-refractivity contribution is 8.42. The van der Waals surface area contributed by atoms with Crippen molar-refractivity contribution >= 4 is 94.3 Å². The lowest BCUT2D eigenvalue weighted by molar-refractivity contribution is -0.138. The van der Waals surface area contributed by atoms with Gasteiger partial charge in [0.15, 0.2) is 0 Å². The number of rotatable bonds is 11. The van der Waals surface area contributed by atoms with Crippen LogP contribution >= 0.6 is 82.3 Å². The van der Waals surface area contributed by atoms with E-state index in [1.54, 1.807) is 58.8 Å². The van der Waals surface area contributed by atoms with Gasteiger partial charge in [-0.25, -0.2) is 16.2 Å². The molecule has 0 atom stereocenters. The fraction of sp³-hybridized carbons (Fsp3) is 0.269. The van der Waals surface area contributed by atoms with Crippen LogP contribution in [-0.2, 0) is 30.6 Å². The Labute approximate surface area is 263 Å². The molecule has 0 bridgehead atoms. The molecule has 208 valence electrons. The normalized spacial score (nSPS) is 15.1. The molecule has 0 unspecified atom stereocenters. The highest BCUT2D eigenvalue weighted by atomic mass is 32.3. The Morgan fingerprint density at radius 1 is 0.850 bits per heavy atom. The van der Waals surface area contributed by atoms with E-state index >= 15 is 0 Å². The van der Waals surface area contributed by atoms with Gasteiger partial charge in [0.25, 0.3) is 0 Å². The predicted molar refractivity (Wildman–Crippen MR) is 175 cm³/mol. The molecule has 0 aromatic carbocycles. The molecule has 0 aliphatic carbocycles. The first kappa shape index (κ1) is 31.3. The molecule has 4 rings (SSSR count). The molecular formula is C26H23N3O4S7. The standard InChI is InChI=1S/C26H23N3O4S7/c1-27-9-10-35-23-24(40-26(39-23)25-37-19(21(30)32-2)20(38-25)22(31)33-3)36-14-16-6-8-29-18(12-16)17-11-15(13-34-4)5-7-28-17/h5-8,11-12H,9-10,13-14H2,2-4H3. The second-order valence-electron chi connectivity index (χ2n) is 7.75. The van der Waals surface area contributed by atoms with E-state index < -0.39 is 11.9 Å². The molecule has 0 saturated carbocycles. The van der Waals surface area contributed by atoms with Crippen molar-refractivity contribution in [3.05, 3.63) is 86.0 Å². The number of nitrogens with zero attached hydrogens (tertiary/aromatic N) is 3. The molecule has 40 heavy (non-hydrogen) atoms. The molecule has 14 heteroatoms. The second kappa shape index (κ2) is 15.6. The molecule has 2 aromatic heterocycles. The fourth-order valence-electron chi connectivity index (χ4n) is 3.28. The second-order valence-corrected chi connectivity index (χ2v) is 15.8. The van der Waals surface area contributed by atoms with Gasteiger partial charge >= 0.3 is 11.9 Å². The summed E-state index contributed by atoms with van der Waals surface area (Å²) in [5.41, 5.74) is 4.04. The van der Waals surface area contributed by atoms with Gasteiger partial charge in [0.05, 0.1) is 48.3 Å². The van der Waals surface area contributed by atoms with Gasteiger partial charge in [0.2, 0.25) is 6.54 Å². The van der Waals surface area contributed by atoms with E-state index in [2.05, 4.69) is 33.2 Å². The lowest BCUT2D eigenvalue weighted by atomic mass is 10.1. The maximum atomic E-state index is 12.3. The van der Waals surface area contributed by atoms with E-state index in [0.29, 0.717) is 12.3 Å². The van der Waals surface area contributed by atoms with Crippen LogP contribution < -0.4 is 0 Å². The summed E-state index contributed by atoms with van der Waals surface area (Å²) in [6, 6.07) is 8.20. The van der Waals surface area contributed by atoms with Crippen molar-refractivity contribution in [2.24, 2.45) is 0 Å². The Morgan fingerprint density at radius 3 is 1.90 bits per heavy atom. The molecule has 0 amide bonds. The zero-order valence-corrected chi connectivity index (χ0v) is 27.3. The van der Waals surface area contributed by atoms with Gasteiger partial charge in [-0.15, -0.1) is 23.5 Å². The molecule has 0 saturated heterocycles. The number of carbonyl (C=O) groups excluding carboxylic acids is 2. The predicted octanol–water partition coefficient (Wildman–Crippen LogP) is 7.66. The first-order valence-corrected chi connectivity index (χ1v) is 18.2. The molecule has 4 heterocycles. The quantitative estimate of drug-likeness (QED) is 0.134. The van der Waals surface area contributed by atoms with Crippen molar-refractivity contribution in [1.82, 2.24) is 9.97 Å². The summed E-state index contributed by atoms with van der Waals surface area (Å²) in [4.78, 5) is 37.7. The van der Waals surface area contributed by atoms with Crippen molar-refractivity contribution < 1.29 is 19.1 Å². The van der Waals surface area contributed by atoms with Gasteiger partial charge in [0.1, 0.15) is 9.81 Å². The lowest BCUT2D eigenvalue weighted by Gasteiger charge is -2.07. The van der Waals surface area contributed by atoms with Gasteiger partial charge in [-0.05, 0) is 41.6 Å². The SMILES string of the molecule is [C-]#[N+]CCSC1=C(SCc2ccnc(-c3cc(CSC)ccn3)c2)SC(=C2SC(C(=O)OC)=C(C(=O)OC)S2)S1. The Kier molecular flexibility index (Phi) is 12.2. The van der Waals surface area contributed by atoms with Crippen LogP contribution in [0.4, 0.5) is 0 Å². The average Bonchev–Trinajstić information content (AvgIpc) is 3.61. The van der Waals surface area contributed by atoms with Gasteiger partial charge in [-0.1, -0.05) is 47.0 Å². The summed E-state index contributed by atoms with van der Waals surface area (Å²) in [5.74, 6) is 1.23.